The van der Waals surface area contributed by atoms with Gasteiger partial charge in [-0.3, -0.25) is 9.59 Å². The molecule has 2 aromatic carbocycles. The Balaban J connectivity index is 1.32. The summed E-state index contributed by atoms with van der Waals surface area (Å²) in [7, 11) is 0. The van der Waals surface area contributed by atoms with E-state index in [0.29, 0.717) is 18.8 Å². The van der Waals surface area contributed by atoms with E-state index in [1.54, 1.807) is 0 Å². The van der Waals surface area contributed by atoms with Gasteiger partial charge in [0.1, 0.15) is 6.61 Å². The summed E-state index contributed by atoms with van der Waals surface area (Å²) in [6.45, 7) is 4.05. The van der Waals surface area contributed by atoms with E-state index in [0.717, 1.165) is 24.0 Å². The Morgan fingerprint density at radius 3 is 2.20 bits per heavy atom. The molecule has 2 aromatic rings. The first-order chi connectivity index (χ1) is 16.7. The highest BCUT2D eigenvalue weighted by atomic mass is 16.5. The van der Waals surface area contributed by atoms with Gasteiger partial charge in [-0.05, 0) is 54.9 Å². The quantitative estimate of drug-likeness (QED) is 0.434. The smallest absolute Gasteiger partial charge is 0.407 e. The second kappa shape index (κ2) is 10.5. The molecule has 1 fully saturated rings. The predicted molar refractivity (Wildman–Crippen MR) is 133 cm³/mol. The van der Waals surface area contributed by atoms with Crippen molar-refractivity contribution >= 4 is 18.0 Å². The van der Waals surface area contributed by atoms with Gasteiger partial charge in [0.15, 0.2) is 0 Å². The number of amides is 2. The molecule has 1 saturated carbocycles. The van der Waals surface area contributed by atoms with Gasteiger partial charge in [0.25, 0.3) is 0 Å². The van der Waals surface area contributed by atoms with E-state index >= 15 is 0 Å². The molecule has 0 aromatic heterocycles. The Labute approximate surface area is 206 Å². The van der Waals surface area contributed by atoms with E-state index in [1.807, 2.05) is 38.1 Å². The molecule has 0 aliphatic heterocycles. The topological polar surface area (TPSA) is 105 Å². The van der Waals surface area contributed by atoms with Crippen LogP contribution < -0.4 is 10.6 Å². The lowest BCUT2D eigenvalue weighted by Crippen LogP contribution is -2.48. The molecule has 3 N–H and O–H groups in total. The largest absolute Gasteiger partial charge is 0.481 e. The van der Waals surface area contributed by atoms with Crippen molar-refractivity contribution in [3.05, 3.63) is 59.7 Å². The number of carbonyl (C=O) groups excluding carboxylic acids is 2. The number of ether oxygens (including phenoxy) is 1. The number of aliphatic carboxylic acids is 1. The van der Waals surface area contributed by atoms with E-state index in [2.05, 4.69) is 34.9 Å². The Morgan fingerprint density at radius 1 is 1.03 bits per heavy atom. The highest BCUT2D eigenvalue weighted by Gasteiger charge is 2.33. The number of carboxylic acids is 1. The maximum atomic E-state index is 13.0. The summed E-state index contributed by atoms with van der Waals surface area (Å²) in [5, 5.41) is 14.7. The molecule has 7 heteroatoms. The minimum absolute atomic E-state index is 0.0153. The summed E-state index contributed by atoms with van der Waals surface area (Å²) in [4.78, 5) is 36.5. The molecule has 2 aliphatic carbocycles. The molecule has 2 aliphatic rings. The highest BCUT2D eigenvalue weighted by Crippen LogP contribution is 2.44. The average Bonchev–Trinajstić information content (AvgIpc) is 3.59. The number of fused-ring (bicyclic) bond motifs is 3. The maximum Gasteiger partial charge on any atom is 0.407 e. The van der Waals surface area contributed by atoms with Crippen LogP contribution in [0.4, 0.5) is 4.79 Å². The first-order valence-corrected chi connectivity index (χ1v) is 12.4. The molecule has 2 amide bonds. The number of benzene rings is 2. The van der Waals surface area contributed by atoms with Crippen LogP contribution in [0.25, 0.3) is 11.1 Å². The summed E-state index contributed by atoms with van der Waals surface area (Å²) in [5.74, 6) is -0.956. The van der Waals surface area contributed by atoms with Crippen LogP contribution in [0.1, 0.15) is 63.0 Å². The number of alkyl carbamates (subject to hydrolysis) is 1. The van der Waals surface area contributed by atoms with Crippen molar-refractivity contribution < 1.29 is 24.2 Å². The second-order valence-corrected chi connectivity index (χ2v) is 10.3. The van der Waals surface area contributed by atoms with Crippen molar-refractivity contribution in [2.75, 3.05) is 13.2 Å². The van der Waals surface area contributed by atoms with Crippen LogP contribution >= 0.6 is 0 Å². The molecule has 1 atom stereocenters. The zero-order valence-corrected chi connectivity index (χ0v) is 20.4. The van der Waals surface area contributed by atoms with Gasteiger partial charge in [-0.25, -0.2) is 4.79 Å². The van der Waals surface area contributed by atoms with Crippen molar-refractivity contribution in [1.82, 2.24) is 10.6 Å². The van der Waals surface area contributed by atoms with Crippen LogP contribution in [0.2, 0.25) is 0 Å². The Hall–Kier alpha value is -3.35. The summed E-state index contributed by atoms with van der Waals surface area (Å²) < 4.78 is 5.61. The fraction of sp³-hybridized carbons (Fsp3) is 0.464. The monoisotopic (exact) mass is 478 g/mol. The molecule has 0 radical (unpaired) electrons. The first-order valence-electron chi connectivity index (χ1n) is 12.4. The standard InChI is InChI=1S/C28H34N2O5/c1-28(2,14-13-25(31)32)30-26(33)19(15-18-11-12-18)16-29-27(34)35-17-24-22-9-5-3-7-20(22)21-8-4-6-10-23(21)24/h3-10,18-19,24H,11-17H2,1-2H3,(H,29,34)(H,30,33)(H,31,32). The summed E-state index contributed by atoms with van der Waals surface area (Å²) >= 11 is 0. The van der Waals surface area contributed by atoms with Crippen molar-refractivity contribution in [3.63, 3.8) is 0 Å². The number of carboxylic acid groups (broad SMARTS) is 1. The minimum Gasteiger partial charge on any atom is -0.481 e. The maximum absolute atomic E-state index is 13.0. The molecule has 7 nitrogen and oxygen atoms in total. The predicted octanol–water partition coefficient (Wildman–Crippen LogP) is 4.70. The minimum atomic E-state index is -0.890. The van der Waals surface area contributed by atoms with Gasteiger partial charge in [-0.2, -0.15) is 0 Å². The number of nitrogens with one attached hydrogen (secondary N) is 2. The Bertz CT molecular complexity index is 1050. The molecule has 0 spiro atoms. The van der Waals surface area contributed by atoms with Crippen molar-refractivity contribution in [1.29, 1.82) is 0 Å². The third-order valence-corrected chi connectivity index (χ3v) is 6.95. The van der Waals surface area contributed by atoms with Crippen molar-refractivity contribution in [2.45, 2.75) is 57.4 Å². The first kappa shape index (κ1) is 24.8. The Kier molecular flexibility index (Phi) is 7.43. The van der Waals surface area contributed by atoms with Crippen LogP contribution in [-0.4, -0.2) is 41.8 Å². The lowest BCUT2D eigenvalue weighted by Gasteiger charge is -2.28. The van der Waals surface area contributed by atoms with Gasteiger partial charge in [-0.1, -0.05) is 61.4 Å². The van der Waals surface area contributed by atoms with Crippen LogP contribution in [-0.2, 0) is 14.3 Å². The van der Waals surface area contributed by atoms with E-state index in [1.165, 1.54) is 11.1 Å². The molecule has 1 unspecified atom stereocenters. The molecule has 0 heterocycles. The third kappa shape index (κ3) is 6.41. The van der Waals surface area contributed by atoms with E-state index < -0.39 is 17.6 Å². The van der Waals surface area contributed by atoms with Crippen LogP contribution in [0, 0.1) is 11.8 Å². The normalized spacial score (nSPS) is 15.6. The SMILES string of the molecule is CC(C)(CCC(=O)O)NC(=O)C(CNC(=O)OCC1c2ccccc2-c2ccccc21)CC1CC1. The molecule has 186 valence electrons. The lowest BCUT2D eigenvalue weighted by molar-refractivity contribution is -0.138. The number of hydrogen-bond acceptors (Lipinski definition) is 4. The number of carbonyl (C=O) groups is 3. The molecule has 4 rings (SSSR count). The van der Waals surface area contributed by atoms with Gasteiger partial charge in [0.05, 0.1) is 5.92 Å². The number of rotatable bonds is 11. The molecule has 0 saturated heterocycles. The molecular formula is C28H34N2O5. The third-order valence-electron chi connectivity index (χ3n) is 6.95. The van der Waals surface area contributed by atoms with Crippen LogP contribution in [0.3, 0.4) is 0 Å². The van der Waals surface area contributed by atoms with Crippen molar-refractivity contribution in [2.24, 2.45) is 11.8 Å². The highest BCUT2D eigenvalue weighted by molar-refractivity contribution is 5.81. The summed E-state index contributed by atoms with van der Waals surface area (Å²) in [6.07, 6.45) is 2.67. The zero-order chi connectivity index (χ0) is 25.0. The average molecular weight is 479 g/mol. The second-order valence-electron chi connectivity index (χ2n) is 10.3. The van der Waals surface area contributed by atoms with Crippen LogP contribution in [0.15, 0.2) is 48.5 Å². The fourth-order valence-corrected chi connectivity index (χ4v) is 4.81. The fourth-order valence-electron chi connectivity index (χ4n) is 4.81. The molecule has 0 bridgehead atoms. The van der Waals surface area contributed by atoms with E-state index in [9.17, 15) is 14.4 Å². The van der Waals surface area contributed by atoms with Gasteiger partial charge >= 0.3 is 12.1 Å². The van der Waals surface area contributed by atoms with E-state index in [-0.39, 0.29) is 37.3 Å². The van der Waals surface area contributed by atoms with Gasteiger partial charge in [0, 0.05) is 24.4 Å². The van der Waals surface area contributed by atoms with Crippen LogP contribution in [0.5, 0.6) is 0 Å². The molecule has 35 heavy (non-hydrogen) atoms. The van der Waals surface area contributed by atoms with Gasteiger partial charge in [-0.15, -0.1) is 0 Å². The summed E-state index contributed by atoms with van der Waals surface area (Å²) in [6, 6.07) is 16.3. The molecular weight excluding hydrogens is 444 g/mol. The van der Waals surface area contributed by atoms with E-state index in [4.69, 9.17) is 9.84 Å². The van der Waals surface area contributed by atoms with Gasteiger partial charge < -0.3 is 20.5 Å². The lowest BCUT2D eigenvalue weighted by atomic mass is 9.95. The summed E-state index contributed by atoms with van der Waals surface area (Å²) in [5.41, 5.74) is 4.00. The van der Waals surface area contributed by atoms with Crippen molar-refractivity contribution in [3.8, 4) is 11.1 Å². The number of hydrogen-bond donors (Lipinski definition) is 3. The Morgan fingerprint density at radius 2 is 1.63 bits per heavy atom. The zero-order valence-electron chi connectivity index (χ0n) is 20.4. The van der Waals surface area contributed by atoms with Gasteiger partial charge in [0.2, 0.25) is 5.91 Å².